The Morgan fingerprint density at radius 1 is 0.457 bits per heavy atom. The fraction of sp³-hybridized carbons (Fsp3) is 0.902. The Bertz CT molecular complexity index is 661. The molecular formula is C41H78O5. The summed E-state index contributed by atoms with van der Waals surface area (Å²) in [5, 5.41) is 0. The van der Waals surface area contributed by atoms with E-state index in [9.17, 15) is 9.59 Å². The van der Waals surface area contributed by atoms with Gasteiger partial charge in [0.05, 0.1) is 6.61 Å². The van der Waals surface area contributed by atoms with Crippen molar-refractivity contribution in [3.05, 3.63) is 12.2 Å². The van der Waals surface area contributed by atoms with Crippen molar-refractivity contribution in [2.45, 2.75) is 219 Å². The molecule has 0 fully saturated rings. The van der Waals surface area contributed by atoms with Gasteiger partial charge < -0.3 is 14.2 Å². The number of ether oxygens (including phenoxy) is 3. The molecule has 1 unspecified atom stereocenters. The summed E-state index contributed by atoms with van der Waals surface area (Å²) < 4.78 is 17.1. The number of esters is 2. The van der Waals surface area contributed by atoms with Crippen LogP contribution in [0, 0.1) is 0 Å². The molecule has 0 aliphatic heterocycles. The van der Waals surface area contributed by atoms with Crippen molar-refractivity contribution in [3.8, 4) is 0 Å². The molecule has 272 valence electrons. The maximum absolute atomic E-state index is 12.4. The lowest BCUT2D eigenvalue weighted by Gasteiger charge is -2.18. The lowest BCUT2D eigenvalue weighted by atomic mass is 10.1. The van der Waals surface area contributed by atoms with E-state index in [1.807, 2.05) is 0 Å². The van der Waals surface area contributed by atoms with E-state index in [-0.39, 0.29) is 18.5 Å². The van der Waals surface area contributed by atoms with Gasteiger partial charge in [-0.1, -0.05) is 168 Å². The molecular weight excluding hydrogens is 572 g/mol. The van der Waals surface area contributed by atoms with Crippen LogP contribution in [-0.2, 0) is 23.8 Å². The summed E-state index contributed by atoms with van der Waals surface area (Å²) in [5.41, 5.74) is 0. The molecule has 0 amide bonds. The third kappa shape index (κ3) is 35.5. The third-order valence-electron chi connectivity index (χ3n) is 8.80. The molecule has 1 atom stereocenters. The van der Waals surface area contributed by atoms with Gasteiger partial charge in [0.2, 0.25) is 0 Å². The van der Waals surface area contributed by atoms with Crippen molar-refractivity contribution < 1.29 is 23.8 Å². The van der Waals surface area contributed by atoms with Gasteiger partial charge in [-0.05, 0) is 44.9 Å². The molecule has 0 aromatic carbocycles. The zero-order chi connectivity index (χ0) is 33.6. The van der Waals surface area contributed by atoms with Gasteiger partial charge in [-0.15, -0.1) is 0 Å². The zero-order valence-corrected chi connectivity index (χ0v) is 31.1. The number of hydrogen-bond acceptors (Lipinski definition) is 5. The summed E-state index contributed by atoms with van der Waals surface area (Å²) in [4.78, 5) is 24.7. The molecule has 0 saturated carbocycles. The van der Waals surface area contributed by atoms with Crippen LogP contribution in [-0.4, -0.2) is 37.9 Å². The molecule has 0 aromatic rings. The van der Waals surface area contributed by atoms with Crippen LogP contribution in [0.5, 0.6) is 0 Å². The second-order valence-electron chi connectivity index (χ2n) is 13.6. The van der Waals surface area contributed by atoms with Crippen LogP contribution in [0.2, 0.25) is 0 Å². The van der Waals surface area contributed by atoms with Crippen molar-refractivity contribution in [3.63, 3.8) is 0 Å². The van der Waals surface area contributed by atoms with Crippen LogP contribution >= 0.6 is 0 Å². The van der Waals surface area contributed by atoms with Crippen molar-refractivity contribution in [1.82, 2.24) is 0 Å². The molecule has 0 bridgehead atoms. The summed E-state index contributed by atoms with van der Waals surface area (Å²) in [6, 6.07) is 0. The number of carbonyl (C=O) groups excluding carboxylic acids is 2. The van der Waals surface area contributed by atoms with Crippen LogP contribution in [0.15, 0.2) is 12.2 Å². The van der Waals surface area contributed by atoms with Crippen LogP contribution in [0.3, 0.4) is 0 Å². The molecule has 0 rings (SSSR count). The van der Waals surface area contributed by atoms with Gasteiger partial charge >= 0.3 is 11.9 Å². The Balaban J connectivity index is 3.97. The smallest absolute Gasteiger partial charge is 0.306 e. The predicted molar refractivity (Wildman–Crippen MR) is 196 cm³/mol. The van der Waals surface area contributed by atoms with Crippen LogP contribution < -0.4 is 0 Å². The fourth-order valence-corrected chi connectivity index (χ4v) is 5.74. The molecule has 0 radical (unpaired) electrons. The largest absolute Gasteiger partial charge is 0.462 e. The normalized spacial score (nSPS) is 12.2. The summed E-state index contributed by atoms with van der Waals surface area (Å²) in [5.74, 6) is -0.411. The lowest BCUT2D eigenvalue weighted by Crippen LogP contribution is -2.30. The summed E-state index contributed by atoms with van der Waals surface area (Å²) in [7, 11) is 0. The van der Waals surface area contributed by atoms with E-state index in [2.05, 4.69) is 32.9 Å². The minimum absolute atomic E-state index is 0.0891. The van der Waals surface area contributed by atoms with E-state index >= 15 is 0 Å². The van der Waals surface area contributed by atoms with Crippen molar-refractivity contribution >= 4 is 11.9 Å². The lowest BCUT2D eigenvalue weighted by molar-refractivity contribution is -0.163. The molecule has 0 saturated heterocycles. The summed E-state index contributed by atoms with van der Waals surface area (Å²) in [6.07, 6.45) is 39.6. The number of carbonyl (C=O) groups is 2. The average molecular weight is 651 g/mol. The summed E-state index contributed by atoms with van der Waals surface area (Å²) >= 11 is 0. The van der Waals surface area contributed by atoms with E-state index in [1.165, 1.54) is 135 Å². The molecule has 0 aromatic heterocycles. The molecule has 0 aliphatic rings. The Labute approximate surface area is 286 Å². The predicted octanol–water partition coefficient (Wildman–Crippen LogP) is 12.8. The van der Waals surface area contributed by atoms with Crippen molar-refractivity contribution in [1.29, 1.82) is 0 Å². The Morgan fingerprint density at radius 3 is 1.33 bits per heavy atom. The Morgan fingerprint density at radius 2 is 0.848 bits per heavy atom. The highest BCUT2D eigenvalue weighted by molar-refractivity contribution is 5.70. The molecule has 5 nitrogen and oxygen atoms in total. The zero-order valence-electron chi connectivity index (χ0n) is 31.1. The quantitative estimate of drug-likeness (QED) is 0.0380. The highest BCUT2D eigenvalue weighted by Crippen LogP contribution is 2.13. The maximum atomic E-state index is 12.4. The topological polar surface area (TPSA) is 61.8 Å². The minimum atomic E-state index is -0.522. The highest BCUT2D eigenvalue weighted by Gasteiger charge is 2.17. The Kier molecular flexibility index (Phi) is 37.0. The molecule has 46 heavy (non-hydrogen) atoms. The first-order valence-corrected chi connectivity index (χ1v) is 20.2. The second kappa shape index (κ2) is 38.1. The van der Waals surface area contributed by atoms with Gasteiger partial charge in [-0.25, -0.2) is 0 Å². The Hall–Kier alpha value is -1.36. The van der Waals surface area contributed by atoms with Gasteiger partial charge in [0, 0.05) is 19.4 Å². The van der Waals surface area contributed by atoms with Crippen molar-refractivity contribution in [2.75, 3.05) is 19.8 Å². The van der Waals surface area contributed by atoms with E-state index in [0.29, 0.717) is 26.1 Å². The fourth-order valence-electron chi connectivity index (χ4n) is 5.74. The summed E-state index contributed by atoms with van der Waals surface area (Å²) in [6.45, 7) is 7.72. The SMILES string of the molecule is CCCCCCCC/C=C\CCCCCCCCCCOCC(COC(=O)CCCCCCCCC)OC(=O)CCCCCCC. The molecule has 0 spiro atoms. The first-order valence-electron chi connectivity index (χ1n) is 20.2. The second-order valence-corrected chi connectivity index (χ2v) is 13.6. The number of hydrogen-bond donors (Lipinski definition) is 0. The molecule has 0 heterocycles. The molecule has 0 N–H and O–H groups in total. The maximum Gasteiger partial charge on any atom is 0.306 e. The van der Waals surface area contributed by atoms with E-state index < -0.39 is 6.10 Å². The average Bonchev–Trinajstić information content (AvgIpc) is 3.05. The third-order valence-corrected chi connectivity index (χ3v) is 8.80. The monoisotopic (exact) mass is 651 g/mol. The van der Waals surface area contributed by atoms with E-state index in [4.69, 9.17) is 14.2 Å². The number of allylic oxidation sites excluding steroid dienone is 2. The van der Waals surface area contributed by atoms with Gasteiger partial charge in [-0.2, -0.15) is 0 Å². The first kappa shape index (κ1) is 44.6. The minimum Gasteiger partial charge on any atom is -0.462 e. The van der Waals surface area contributed by atoms with Crippen LogP contribution in [0.4, 0.5) is 0 Å². The van der Waals surface area contributed by atoms with E-state index in [1.54, 1.807) is 0 Å². The van der Waals surface area contributed by atoms with Crippen molar-refractivity contribution in [2.24, 2.45) is 0 Å². The van der Waals surface area contributed by atoms with E-state index in [0.717, 1.165) is 44.9 Å². The molecule has 5 heteroatoms. The van der Waals surface area contributed by atoms with Gasteiger partial charge in [0.1, 0.15) is 6.61 Å². The first-order chi connectivity index (χ1) is 22.6. The number of rotatable bonds is 37. The molecule has 0 aliphatic carbocycles. The highest BCUT2D eigenvalue weighted by atomic mass is 16.6. The standard InChI is InChI=1S/C41H78O5/c1-4-7-10-13-15-16-17-18-19-20-21-22-23-24-25-27-30-33-36-44-37-39(46-41(43)35-32-28-12-9-6-3)38-45-40(42)34-31-29-26-14-11-8-5-2/h18-19,39H,4-17,20-38H2,1-3H3/b19-18-. The van der Waals surface area contributed by atoms with Crippen LogP contribution in [0.1, 0.15) is 213 Å². The van der Waals surface area contributed by atoms with Gasteiger partial charge in [0.25, 0.3) is 0 Å². The van der Waals surface area contributed by atoms with Gasteiger partial charge in [0.15, 0.2) is 6.10 Å². The number of unbranched alkanes of at least 4 members (excludes halogenated alkanes) is 24. The van der Waals surface area contributed by atoms with Gasteiger partial charge in [-0.3, -0.25) is 9.59 Å². The van der Waals surface area contributed by atoms with Crippen LogP contribution in [0.25, 0.3) is 0 Å².